The first-order valence-corrected chi connectivity index (χ1v) is 13.8. The van der Waals surface area contributed by atoms with Crippen molar-refractivity contribution in [1.29, 1.82) is 0 Å². The normalized spacial score (nSPS) is 21.8. The number of carbonyl (C=O) groups is 2. The van der Waals surface area contributed by atoms with Crippen LogP contribution in [0.3, 0.4) is 0 Å². The second-order valence-electron chi connectivity index (χ2n) is 8.96. The van der Waals surface area contributed by atoms with Gasteiger partial charge in [0, 0.05) is 32.1 Å². The highest BCUT2D eigenvalue weighted by atomic mass is 32.2. The minimum absolute atomic E-state index is 0.00719. The molecule has 0 saturated carbocycles. The number of ether oxygens (including phenoxy) is 3. The molecule has 2 aliphatic rings. The van der Waals surface area contributed by atoms with Gasteiger partial charge in [-0.15, -0.1) is 0 Å². The number of nitrogens with one attached hydrogen (secondary N) is 1. The van der Waals surface area contributed by atoms with Crippen LogP contribution in [0.2, 0.25) is 0 Å². The lowest BCUT2D eigenvalue weighted by Crippen LogP contribution is -2.66. The van der Waals surface area contributed by atoms with Crippen LogP contribution in [0.25, 0.3) is 0 Å². The van der Waals surface area contributed by atoms with Crippen molar-refractivity contribution in [3.8, 4) is 0 Å². The molecule has 0 aromatic heterocycles. The average Bonchev–Trinajstić information content (AvgIpc) is 3.39. The van der Waals surface area contributed by atoms with Gasteiger partial charge in [0.25, 0.3) is 0 Å². The molecule has 2 saturated heterocycles. The molecule has 2 aliphatic heterocycles. The fourth-order valence-electron chi connectivity index (χ4n) is 4.89. The van der Waals surface area contributed by atoms with Crippen LogP contribution in [0.4, 0.5) is 0 Å². The van der Waals surface area contributed by atoms with Crippen LogP contribution in [0.15, 0.2) is 77.7 Å². The number of rotatable bonds is 9. The highest BCUT2D eigenvalue weighted by Crippen LogP contribution is 2.49. The molecule has 9 nitrogen and oxygen atoms in total. The molecule has 2 aromatic carbocycles. The highest BCUT2D eigenvalue weighted by Gasteiger charge is 2.63. The monoisotopic (exact) mass is 528 g/mol. The molecule has 198 valence electrons. The van der Waals surface area contributed by atoms with Gasteiger partial charge >= 0.3 is 5.97 Å². The van der Waals surface area contributed by atoms with Crippen molar-refractivity contribution in [2.24, 2.45) is 5.41 Å². The smallest absolute Gasteiger partial charge is 0.330 e. The predicted octanol–water partition coefficient (Wildman–Crippen LogP) is 2.64. The molecule has 0 bridgehead atoms. The standard InChI is InChI=1S/C27H32N2O7S/c1-2-34-24(30)14-9-15-26(25(31)28-20-22-10-5-3-6-11-22)21-29(17-16-27(26)35-18-19-36-27)37(32,33)23-12-7-4-8-13-23/h3-14H,2,15-21H2,1H3,(H,28,31)/b14-9+/t26-/m0/s1. The summed E-state index contributed by atoms with van der Waals surface area (Å²) in [5.41, 5.74) is -0.568. The zero-order valence-corrected chi connectivity index (χ0v) is 21.6. The third-order valence-electron chi connectivity index (χ3n) is 6.74. The SMILES string of the molecule is CCOC(=O)/C=C/C[C@@]1(C(=O)NCc2ccccc2)CN(S(=O)(=O)c2ccccc2)CCC12OCCO2. The Morgan fingerprint density at radius 1 is 1.05 bits per heavy atom. The third kappa shape index (κ3) is 5.62. The number of hydrogen-bond acceptors (Lipinski definition) is 7. The molecule has 0 aliphatic carbocycles. The maximum absolute atomic E-state index is 14.0. The maximum Gasteiger partial charge on any atom is 0.330 e. The van der Waals surface area contributed by atoms with Gasteiger partial charge in [0.15, 0.2) is 5.79 Å². The van der Waals surface area contributed by atoms with Crippen LogP contribution in [0, 0.1) is 5.41 Å². The number of piperidine rings is 1. The molecule has 0 unspecified atom stereocenters. The van der Waals surface area contributed by atoms with Gasteiger partial charge in [-0.1, -0.05) is 54.6 Å². The number of hydrogen-bond donors (Lipinski definition) is 1. The van der Waals surface area contributed by atoms with E-state index in [1.807, 2.05) is 30.3 Å². The van der Waals surface area contributed by atoms with Gasteiger partial charge in [0.05, 0.1) is 24.7 Å². The topological polar surface area (TPSA) is 111 Å². The fourth-order valence-corrected chi connectivity index (χ4v) is 6.41. The van der Waals surface area contributed by atoms with Gasteiger partial charge in [-0.25, -0.2) is 13.2 Å². The van der Waals surface area contributed by atoms with Crippen LogP contribution in [0.5, 0.6) is 0 Å². The first-order chi connectivity index (χ1) is 17.8. The van der Waals surface area contributed by atoms with Crippen LogP contribution >= 0.6 is 0 Å². The Bertz CT molecular complexity index is 1210. The van der Waals surface area contributed by atoms with Crippen LogP contribution in [-0.4, -0.2) is 63.3 Å². The Morgan fingerprint density at radius 2 is 1.70 bits per heavy atom. The van der Waals surface area contributed by atoms with E-state index >= 15 is 0 Å². The maximum atomic E-state index is 14.0. The van der Waals surface area contributed by atoms with Crippen LogP contribution in [0.1, 0.15) is 25.3 Å². The molecule has 0 radical (unpaired) electrons. The summed E-state index contributed by atoms with van der Waals surface area (Å²) in [5, 5.41) is 2.97. The molecule has 1 N–H and O–H groups in total. The molecular weight excluding hydrogens is 496 g/mol. The molecule has 4 rings (SSSR count). The predicted molar refractivity (Wildman–Crippen MR) is 136 cm³/mol. The van der Waals surface area contributed by atoms with E-state index in [0.717, 1.165) is 5.56 Å². The number of carbonyl (C=O) groups excluding carboxylic acids is 2. The number of esters is 1. The van der Waals surface area contributed by atoms with Crippen molar-refractivity contribution in [2.45, 2.75) is 37.0 Å². The van der Waals surface area contributed by atoms with E-state index < -0.39 is 33.1 Å². The minimum atomic E-state index is -3.90. The molecule has 2 aromatic rings. The first-order valence-electron chi connectivity index (χ1n) is 12.3. The Kier molecular flexibility index (Phi) is 8.43. The zero-order chi connectivity index (χ0) is 26.4. The summed E-state index contributed by atoms with van der Waals surface area (Å²) in [5.74, 6) is -2.30. The quantitative estimate of drug-likeness (QED) is 0.393. The zero-order valence-electron chi connectivity index (χ0n) is 20.8. The molecular formula is C27H32N2O7S. The van der Waals surface area contributed by atoms with E-state index in [4.69, 9.17) is 14.2 Å². The van der Waals surface area contributed by atoms with Crippen molar-refractivity contribution in [2.75, 3.05) is 32.9 Å². The number of benzene rings is 2. The highest BCUT2D eigenvalue weighted by molar-refractivity contribution is 7.89. The van der Waals surface area contributed by atoms with E-state index in [2.05, 4.69) is 5.32 Å². The van der Waals surface area contributed by atoms with Crippen molar-refractivity contribution < 1.29 is 32.2 Å². The molecule has 37 heavy (non-hydrogen) atoms. The molecule has 10 heteroatoms. The summed E-state index contributed by atoms with van der Waals surface area (Å²) in [7, 11) is -3.90. The van der Waals surface area contributed by atoms with E-state index in [-0.39, 0.29) is 57.2 Å². The van der Waals surface area contributed by atoms with E-state index in [1.54, 1.807) is 25.1 Å². The van der Waals surface area contributed by atoms with Gasteiger partial charge in [0.2, 0.25) is 15.9 Å². The second-order valence-corrected chi connectivity index (χ2v) is 10.9. The van der Waals surface area contributed by atoms with Crippen molar-refractivity contribution in [3.05, 3.63) is 78.4 Å². The summed E-state index contributed by atoms with van der Waals surface area (Å²) in [6, 6.07) is 17.5. The van der Waals surface area contributed by atoms with Crippen molar-refractivity contribution >= 4 is 21.9 Å². The average molecular weight is 529 g/mol. The second kappa shape index (κ2) is 11.6. The van der Waals surface area contributed by atoms with Gasteiger partial charge < -0.3 is 19.5 Å². The summed E-state index contributed by atoms with van der Waals surface area (Å²) in [6.45, 7) is 2.65. The number of allylic oxidation sites excluding steroid dienone is 1. The largest absolute Gasteiger partial charge is 0.463 e. The Balaban J connectivity index is 1.71. The van der Waals surface area contributed by atoms with E-state index in [9.17, 15) is 18.0 Å². The Morgan fingerprint density at radius 3 is 2.35 bits per heavy atom. The Labute approximate surface area is 217 Å². The molecule has 1 amide bonds. The first kappa shape index (κ1) is 27.0. The Hall–Kier alpha value is -3.05. The number of sulfonamides is 1. The van der Waals surface area contributed by atoms with Crippen molar-refractivity contribution in [1.82, 2.24) is 9.62 Å². The molecule has 2 heterocycles. The van der Waals surface area contributed by atoms with Gasteiger partial charge in [-0.05, 0) is 31.0 Å². The molecule has 1 spiro atoms. The number of nitrogens with zero attached hydrogens (tertiary/aromatic N) is 1. The minimum Gasteiger partial charge on any atom is -0.463 e. The summed E-state index contributed by atoms with van der Waals surface area (Å²) >= 11 is 0. The number of amides is 1. The van der Waals surface area contributed by atoms with Gasteiger partial charge in [-0.2, -0.15) is 4.31 Å². The summed E-state index contributed by atoms with van der Waals surface area (Å²) in [6.07, 6.45) is 2.95. The lowest BCUT2D eigenvalue weighted by molar-refractivity contribution is -0.251. The third-order valence-corrected chi connectivity index (χ3v) is 8.60. The summed E-state index contributed by atoms with van der Waals surface area (Å²) in [4.78, 5) is 26.2. The van der Waals surface area contributed by atoms with Gasteiger partial charge in [0.1, 0.15) is 5.41 Å². The molecule has 2 fully saturated rings. The van der Waals surface area contributed by atoms with Crippen LogP contribution in [-0.2, 0) is 40.4 Å². The van der Waals surface area contributed by atoms with E-state index in [1.165, 1.54) is 28.6 Å². The van der Waals surface area contributed by atoms with E-state index in [0.29, 0.717) is 0 Å². The lowest BCUT2D eigenvalue weighted by Gasteiger charge is -2.51. The van der Waals surface area contributed by atoms with Crippen molar-refractivity contribution in [3.63, 3.8) is 0 Å². The summed E-state index contributed by atoms with van der Waals surface area (Å²) < 4.78 is 45.6. The lowest BCUT2D eigenvalue weighted by atomic mass is 9.71. The fraction of sp³-hybridized carbons (Fsp3) is 0.407. The molecule has 1 atom stereocenters. The van der Waals surface area contributed by atoms with Crippen LogP contribution < -0.4 is 5.32 Å². The van der Waals surface area contributed by atoms with Gasteiger partial charge in [-0.3, -0.25) is 4.79 Å².